The number of hydrogen-bond acceptors (Lipinski definition) is 5. The fourth-order valence-corrected chi connectivity index (χ4v) is 2.19. The summed E-state index contributed by atoms with van der Waals surface area (Å²) in [6, 6.07) is 16.2. The molecule has 7 nitrogen and oxygen atoms in total. The van der Waals surface area contributed by atoms with Crippen LogP contribution < -0.4 is 25.6 Å². The summed E-state index contributed by atoms with van der Waals surface area (Å²) >= 11 is 4.95. The Morgan fingerprint density at radius 2 is 1.58 bits per heavy atom. The van der Waals surface area contributed by atoms with Gasteiger partial charge < -0.3 is 9.47 Å². The first-order chi connectivity index (χ1) is 12.6. The molecule has 136 valence electrons. The molecule has 3 N–H and O–H groups in total. The standard InChI is InChI=1S/C18H19N3O4S/c1-24-14-9-5-6-10-15(14)25-12-17(23)19-18(26)21-20-16(22)11-13-7-3-2-4-8-13/h2-10H,11-12H2,1H3,(H,20,22)(H2,19,21,23,26). The number of methoxy groups -OCH3 is 1. The molecule has 0 bridgehead atoms. The molecule has 0 aromatic heterocycles. The van der Waals surface area contributed by atoms with Gasteiger partial charge in [0.25, 0.3) is 5.91 Å². The number of thiocarbonyl (C=S) groups is 1. The van der Waals surface area contributed by atoms with Gasteiger partial charge in [-0.3, -0.25) is 25.8 Å². The van der Waals surface area contributed by atoms with Crippen molar-refractivity contribution in [3.63, 3.8) is 0 Å². The van der Waals surface area contributed by atoms with E-state index in [1.807, 2.05) is 30.3 Å². The summed E-state index contributed by atoms with van der Waals surface area (Å²) in [7, 11) is 1.51. The largest absolute Gasteiger partial charge is 0.493 e. The van der Waals surface area contributed by atoms with Crippen LogP contribution in [0.15, 0.2) is 54.6 Å². The molecule has 0 unspecified atom stereocenters. The number of carbonyl (C=O) groups excluding carboxylic acids is 2. The van der Waals surface area contributed by atoms with Gasteiger partial charge in [-0.1, -0.05) is 42.5 Å². The molecule has 0 heterocycles. The van der Waals surface area contributed by atoms with E-state index in [2.05, 4.69) is 16.2 Å². The van der Waals surface area contributed by atoms with Gasteiger partial charge in [-0.15, -0.1) is 0 Å². The molecule has 0 aliphatic heterocycles. The van der Waals surface area contributed by atoms with E-state index in [1.54, 1.807) is 24.3 Å². The highest BCUT2D eigenvalue weighted by atomic mass is 32.1. The van der Waals surface area contributed by atoms with Crippen LogP contribution in [0.2, 0.25) is 0 Å². The van der Waals surface area contributed by atoms with Gasteiger partial charge in [-0.25, -0.2) is 0 Å². The molecule has 2 aromatic carbocycles. The zero-order chi connectivity index (χ0) is 18.8. The molecule has 0 aliphatic carbocycles. The van der Waals surface area contributed by atoms with Crippen LogP contribution in [0.3, 0.4) is 0 Å². The second-order valence-corrected chi connectivity index (χ2v) is 5.56. The lowest BCUT2D eigenvalue weighted by molar-refractivity contribution is -0.122. The summed E-state index contributed by atoms with van der Waals surface area (Å²) in [5.41, 5.74) is 5.76. The molecule has 0 saturated heterocycles. The molecule has 2 rings (SSSR count). The van der Waals surface area contributed by atoms with Crippen molar-refractivity contribution in [1.82, 2.24) is 16.2 Å². The molecule has 0 fully saturated rings. The third-order valence-corrected chi connectivity index (χ3v) is 3.41. The molecule has 0 saturated carbocycles. The molecular formula is C18H19N3O4S. The third-order valence-electron chi connectivity index (χ3n) is 3.20. The number of hydrogen-bond donors (Lipinski definition) is 3. The van der Waals surface area contributed by atoms with Crippen molar-refractivity contribution < 1.29 is 19.1 Å². The average Bonchev–Trinajstić information content (AvgIpc) is 2.66. The van der Waals surface area contributed by atoms with Gasteiger partial charge in [-0.2, -0.15) is 0 Å². The maximum atomic E-state index is 11.8. The number of rotatable bonds is 6. The van der Waals surface area contributed by atoms with Crippen molar-refractivity contribution in [2.45, 2.75) is 6.42 Å². The Morgan fingerprint density at radius 3 is 2.27 bits per heavy atom. The number of benzene rings is 2. The van der Waals surface area contributed by atoms with E-state index in [-0.39, 0.29) is 24.0 Å². The number of ether oxygens (including phenoxy) is 2. The van der Waals surface area contributed by atoms with Crippen molar-refractivity contribution in [3.8, 4) is 11.5 Å². The Labute approximate surface area is 156 Å². The smallest absolute Gasteiger partial charge is 0.264 e. The summed E-state index contributed by atoms with van der Waals surface area (Å²) < 4.78 is 10.5. The zero-order valence-corrected chi connectivity index (χ0v) is 15.0. The number of carbonyl (C=O) groups is 2. The van der Waals surface area contributed by atoms with Crippen LogP contribution in [0, 0.1) is 0 Å². The van der Waals surface area contributed by atoms with E-state index >= 15 is 0 Å². The fraction of sp³-hybridized carbons (Fsp3) is 0.167. The Balaban J connectivity index is 1.70. The monoisotopic (exact) mass is 373 g/mol. The second-order valence-electron chi connectivity index (χ2n) is 5.15. The number of hydrazine groups is 1. The highest BCUT2D eigenvalue weighted by molar-refractivity contribution is 7.80. The molecule has 0 atom stereocenters. The number of para-hydroxylation sites is 2. The Kier molecular flexibility index (Phi) is 7.38. The summed E-state index contributed by atoms with van der Waals surface area (Å²) in [6.07, 6.45) is 0.196. The first-order valence-corrected chi connectivity index (χ1v) is 8.17. The van der Waals surface area contributed by atoms with E-state index in [0.717, 1.165) is 5.56 Å². The Morgan fingerprint density at radius 1 is 0.923 bits per heavy atom. The Bertz CT molecular complexity index is 768. The van der Waals surface area contributed by atoms with E-state index in [4.69, 9.17) is 21.7 Å². The van der Waals surface area contributed by atoms with Gasteiger partial charge in [0.05, 0.1) is 13.5 Å². The summed E-state index contributed by atoms with van der Waals surface area (Å²) in [5, 5.41) is 2.38. The maximum Gasteiger partial charge on any atom is 0.264 e. The molecule has 8 heteroatoms. The lowest BCUT2D eigenvalue weighted by atomic mass is 10.1. The predicted molar refractivity (Wildman–Crippen MR) is 101 cm³/mol. The van der Waals surface area contributed by atoms with E-state index in [1.165, 1.54) is 7.11 Å². The van der Waals surface area contributed by atoms with Crippen LogP contribution in [-0.2, 0) is 16.0 Å². The van der Waals surface area contributed by atoms with Crippen molar-refractivity contribution in [1.29, 1.82) is 0 Å². The van der Waals surface area contributed by atoms with Crippen LogP contribution in [0.25, 0.3) is 0 Å². The lowest BCUT2D eigenvalue weighted by Crippen LogP contribution is -2.49. The highest BCUT2D eigenvalue weighted by Gasteiger charge is 2.09. The van der Waals surface area contributed by atoms with E-state index in [0.29, 0.717) is 11.5 Å². The molecule has 0 radical (unpaired) electrons. The van der Waals surface area contributed by atoms with Crippen LogP contribution in [0.5, 0.6) is 11.5 Å². The molecule has 0 spiro atoms. The summed E-state index contributed by atoms with van der Waals surface area (Å²) in [5.74, 6) is 0.221. The van der Waals surface area contributed by atoms with Crippen LogP contribution in [-0.4, -0.2) is 30.6 Å². The SMILES string of the molecule is COc1ccccc1OCC(=O)NC(=S)NNC(=O)Cc1ccccc1. The van der Waals surface area contributed by atoms with E-state index in [9.17, 15) is 9.59 Å². The minimum atomic E-state index is -0.467. The minimum absolute atomic E-state index is 0.0277. The van der Waals surface area contributed by atoms with Crippen molar-refractivity contribution in [3.05, 3.63) is 60.2 Å². The zero-order valence-electron chi connectivity index (χ0n) is 14.2. The normalized spacial score (nSPS) is 9.73. The van der Waals surface area contributed by atoms with E-state index < -0.39 is 5.91 Å². The van der Waals surface area contributed by atoms with Gasteiger partial charge in [0.15, 0.2) is 23.2 Å². The molecule has 26 heavy (non-hydrogen) atoms. The summed E-state index contributed by atoms with van der Waals surface area (Å²) in [6.45, 7) is -0.250. The second kappa shape index (κ2) is 10.00. The molecule has 2 amide bonds. The topological polar surface area (TPSA) is 88.7 Å². The first-order valence-electron chi connectivity index (χ1n) is 7.77. The van der Waals surface area contributed by atoms with Crippen molar-refractivity contribution in [2.75, 3.05) is 13.7 Å². The maximum absolute atomic E-state index is 11.8. The van der Waals surface area contributed by atoms with Gasteiger partial charge in [0, 0.05) is 0 Å². The average molecular weight is 373 g/mol. The third kappa shape index (κ3) is 6.40. The predicted octanol–water partition coefficient (Wildman–Crippen LogP) is 1.34. The summed E-state index contributed by atoms with van der Waals surface area (Å²) in [4.78, 5) is 23.6. The molecular weight excluding hydrogens is 354 g/mol. The van der Waals surface area contributed by atoms with Crippen LogP contribution in [0.1, 0.15) is 5.56 Å². The minimum Gasteiger partial charge on any atom is -0.493 e. The van der Waals surface area contributed by atoms with Crippen molar-refractivity contribution in [2.24, 2.45) is 0 Å². The number of nitrogens with one attached hydrogen (secondary N) is 3. The fourth-order valence-electron chi connectivity index (χ4n) is 2.03. The van der Waals surface area contributed by atoms with Gasteiger partial charge in [0.1, 0.15) is 0 Å². The Hall–Kier alpha value is -3.13. The quantitative estimate of drug-likeness (QED) is 0.523. The van der Waals surface area contributed by atoms with Crippen LogP contribution >= 0.6 is 12.2 Å². The first kappa shape index (κ1) is 19.2. The van der Waals surface area contributed by atoms with Gasteiger partial charge in [0.2, 0.25) is 5.91 Å². The highest BCUT2D eigenvalue weighted by Crippen LogP contribution is 2.25. The lowest BCUT2D eigenvalue weighted by Gasteiger charge is -2.12. The number of amides is 2. The molecule has 2 aromatic rings. The molecule has 0 aliphatic rings. The van der Waals surface area contributed by atoms with Gasteiger partial charge in [-0.05, 0) is 29.9 Å². The van der Waals surface area contributed by atoms with Crippen molar-refractivity contribution >= 4 is 29.1 Å². The van der Waals surface area contributed by atoms with Gasteiger partial charge >= 0.3 is 0 Å². The van der Waals surface area contributed by atoms with Crippen LogP contribution in [0.4, 0.5) is 0 Å².